The summed E-state index contributed by atoms with van der Waals surface area (Å²) < 4.78 is 0. The third-order valence-electron chi connectivity index (χ3n) is 3.64. The van der Waals surface area contributed by atoms with Crippen LogP contribution >= 0.6 is 0 Å². The second-order valence-electron chi connectivity index (χ2n) is 5.45. The van der Waals surface area contributed by atoms with Crippen molar-refractivity contribution in [2.75, 3.05) is 5.43 Å². The van der Waals surface area contributed by atoms with Crippen molar-refractivity contribution in [3.8, 4) is 5.88 Å². The molecular weight excluding hydrogens is 352 g/mol. The molecule has 136 valence electrons. The molecule has 27 heavy (non-hydrogen) atoms. The van der Waals surface area contributed by atoms with Gasteiger partial charge in [0.25, 0.3) is 5.56 Å². The first-order chi connectivity index (χ1) is 13.0. The van der Waals surface area contributed by atoms with Gasteiger partial charge in [0, 0.05) is 5.56 Å². The van der Waals surface area contributed by atoms with Crippen LogP contribution in [-0.4, -0.2) is 31.9 Å². The van der Waals surface area contributed by atoms with Gasteiger partial charge in [0.15, 0.2) is 0 Å². The van der Waals surface area contributed by atoms with Crippen LogP contribution in [-0.2, 0) is 0 Å². The molecule has 2 aromatic carbocycles. The number of H-pyrrole nitrogens is 2. The summed E-state index contributed by atoms with van der Waals surface area (Å²) in [6.07, 6.45) is 0. The molecule has 0 spiro atoms. The summed E-state index contributed by atoms with van der Waals surface area (Å²) in [6, 6.07) is 14.4. The lowest BCUT2D eigenvalue weighted by atomic mass is 10.0. The normalized spacial score (nSPS) is 11.2. The lowest BCUT2D eigenvalue weighted by molar-refractivity contribution is 0.0697. The molecule has 0 amide bonds. The van der Waals surface area contributed by atoms with E-state index in [-0.39, 0.29) is 16.8 Å². The third-order valence-corrected chi connectivity index (χ3v) is 3.64. The molecule has 0 bridgehead atoms. The zero-order valence-corrected chi connectivity index (χ0v) is 13.8. The minimum absolute atomic E-state index is 0.0907. The second-order valence-corrected chi connectivity index (χ2v) is 5.45. The van der Waals surface area contributed by atoms with Gasteiger partial charge in [-0.15, -0.1) is 0 Å². The fourth-order valence-electron chi connectivity index (χ4n) is 2.36. The van der Waals surface area contributed by atoms with Gasteiger partial charge < -0.3 is 10.2 Å². The Hall–Kier alpha value is -4.14. The highest BCUT2D eigenvalue weighted by Crippen LogP contribution is 2.15. The first kappa shape index (κ1) is 17.7. The summed E-state index contributed by atoms with van der Waals surface area (Å²) >= 11 is 0. The Morgan fingerprint density at radius 1 is 0.926 bits per heavy atom. The van der Waals surface area contributed by atoms with Crippen LogP contribution in [0.25, 0.3) is 0 Å². The highest BCUT2D eigenvalue weighted by molar-refractivity contribution is 6.14. The van der Waals surface area contributed by atoms with E-state index in [0.29, 0.717) is 11.3 Å². The lowest BCUT2D eigenvalue weighted by Crippen LogP contribution is -2.28. The van der Waals surface area contributed by atoms with Crippen LogP contribution in [0.4, 0.5) is 5.69 Å². The van der Waals surface area contributed by atoms with Crippen molar-refractivity contribution in [3.63, 3.8) is 0 Å². The molecule has 5 N–H and O–H groups in total. The average molecular weight is 366 g/mol. The summed E-state index contributed by atoms with van der Waals surface area (Å²) in [5.74, 6) is -1.67. The topological polar surface area (TPSA) is 148 Å². The van der Waals surface area contributed by atoms with E-state index in [9.17, 15) is 19.5 Å². The molecule has 0 unspecified atom stereocenters. The number of rotatable bonds is 5. The Labute approximate surface area is 151 Å². The molecule has 9 nitrogen and oxygen atoms in total. The molecular formula is C18H14N4O5. The van der Waals surface area contributed by atoms with Crippen LogP contribution in [0.2, 0.25) is 0 Å². The molecule has 0 aliphatic carbocycles. The highest BCUT2D eigenvalue weighted by Gasteiger charge is 2.17. The van der Waals surface area contributed by atoms with Crippen molar-refractivity contribution < 1.29 is 15.0 Å². The van der Waals surface area contributed by atoms with E-state index in [0.717, 1.165) is 0 Å². The van der Waals surface area contributed by atoms with Crippen LogP contribution in [0.3, 0.4) is 0 Å². The molecule has 1 aromatic heterocycles. The third kappa shape index (κ3) is 3.93. The van der Waals surface area contributed by atoms with Crippen molar-refractivity contribution in [1.29, 1.82) is 0 Å². The van der Waals surface area contributed by atoms with Crippen molar-refractivity contribution in [2.45, 2.75) is 0 Å². The van der Waals surface area contributed by atoms with E-state index < -0.39 is 23.1 Å². The minimum atomic E-state index is -1.06. The average Bonchev–Trinajstić information content (AvgIpc) is 2.64. The number of aromatic hydroxyl groups is 1. The first-order valence-corrected chi connectivity index (χ1v) is 7.74. The van der Waals surface area contributed by atoms with Crippen molar-refractivity contribution in [1.82, 2.24) is 9.97 Å². The predicted molar refractivity (Wildman–Crippen MR) is 98.5 cm³/mol. The van der Waals surface area contributed by atoms with Crippen molar-refractivity contribution >= 4 is 17.4 Å². The fourth-order valence-corrected chi connectivity index (χ4v) is 2.36. The standard InChI is InChI=1S/C18H14N4O5/c23-15-13(16(24)20-18(27)19-15)14(10-4-2-1-3-5-10)22-21-12-8-6-11(7-9-12)17(25)26/h1-9,21H,(H,25,26)(H3,19,20,23,24,27)/b22-14+. The van der Waals surface area contributed by atoms with Gasteiger partial charge in [0.1, 0.15) is 11.3 Å². The van der Waals surface area contributed by atoms with E-state index >= 15 is 0 Å². The zero-order valence-electron chi connectivity index (χ0n) is 13.8. The molecule has 0 aliphatic heterocycles. The SMILES string of the molecule is O=C(O)c1ccc(N/N=C(\c2ccccc2)c2c(O)[nH]c(=O)[nH]c2=O)cc1. The number of carbonyl (C=O) groups is 1. The van der Waals surface area contributed by atoms with Crippen molar-refractivity contribution in [3.05, 3.63) is 92.1 Å². The zero-order chi connectivity index (χ0) is 19.4. The maximum Gasteiger partial charge on any atom is 0.335 e. The molecule has 3 aromatic rings. The van der Waals surface area contributed by atoms with Gasteiger partial charge in [-0.1, -0.05) is 30.3 Å². The first-order valence-electron chi connectivity index (χ1n) is 7.74. The van der Waals surface area contributed by atoms with Gasteiger partial charge in [0.2, 0.25) is 5.88 Å². The number of benzene rings is 2. The number of aromatic amines is 2. The van der Waals surface area contributed by atoms with Crippen LogP contribution < -0.4 is 16.7 Å². The fraction of sp³-hybridized carbons (Fsp3) is 0. The smallest absolute Gasteiger partial charge is 0.335 e. The minimum Gasteiger partial charge on any atom is -0.494 e. The molecule has 0 radical (unpaired) electrons. The van der Waals surface area contributed by atoms with Gasteiger partial charge in [-0.3, -0.25) is 20.2 Å². The number of hydrazone groups is 1. The monoisotopic (exact) mass is 366 g/mol. The van der Waals surface area contributed by atoms with Crippen LogP contribution in [0, 0.1) is 0 Å². The quantitative estimate of drug-likeness (QED) is 0.340. The summed E-state index contributed by atoms with van der Waals surface area (Å²) in [5.41, 5.74) is 2.04. The Morgan fingerprint density at radius 2 is 1.59 bits per heavy atom. The van der Waals surface area contributed by atoms with E-state index in [1.807, 2.05) is 4.98 Å². The van der Waals surface area contributed by atoms with Crippen LogP contribution in [0.1, 0.15) is 21.5 Å². The number of aromatic nitrogens is 2. The van der Waals surface area contributed by atoms with E-state index in [1.54, 1.807) is 30.3 Å². The Bertz CT molecular complexity index is 1110. The van der Waals surface area contributed by atoms with E-state index in [1.165, 1.54) is 24.3 Å². The summed E-state index contributed by atoms with van der Waals surface area (Å²) in [5, 5.41) is 23.2. The van der Waals surface area contributed by atoms with Gasteiger partial charge in [-0.05, 0) is 24.3 Å². The summed E-state index contributed by atoms with van der Waals surface area (Å²) in [4.78, 5) is 38.6. The van der Waals surface area contributed by atoms with Gasteiger partial charge in [-0.25, -0.2) is 9.59 Å². The van der Waals surface area contributed by atoms with Crippen LogP contribution in [0.15, 0.2) is 69.3 Å². The van der Waals surface area contributed by atoms with E-state index in [4.69, 9.17) is 5.11 Å². The maximum absolute atomic E-state index is 12.2. The largest absolute Gasteiger partial charge is 0.494 e. The number of nitrogens with zero attached hydrogens (tertiary/aromatic N) is 1. The molecule has 3 rings (SSSR count). The molecule has 9 heteroatoms. The molecule has 1 heterocycles. The number of carboxylic acids is 1. The molecule has 0 aliphatic rings. The lowest BCUT2D eigenvalue weighted by Gasteiger charge is -2.09. The summed E-state index contributed by atoms with van der Waals surface area (Å²) in [7, 11) is 0. The predicted octanol–water partition coefficient (Wildman–Crippen LogP) is 1.33. The number of carboxylic acid groups (broad SMARTS) is 1. The Balaban J connectivity index is 2.06. The number of hydrogen-bond acceptors (Lipinski definition) is 6. The molecule has 0 saturated carbocycles. The van der Waals surface area contributed by atoms with Crippen LogP contribution in [0.5, 0.6) is 5.88 Å². The number of aromatic carboxylic acids is 1. The van der Waals surface area contributed by atoms with Gasteiger partial charge in [-0.2, -0.15) is 5.10 Å². The Morgan fingerprint density at radius 3 is 2.19 bits per heavy atom. The van der Waals surface area contributed by atoms with Gasteiger partial charge in [0.05, 0.1) is 11.3 Å². The van der Waals surface area contributed by atoms with Crippen molar-refractivity contribution in [2.24, 2.45) is 5.10 Å². The van der Waals surface area contributed by atoms with E-state index in [2.05, 4.69) is 15.5 Å². The number of anilines is 1. The highest BCUT2D eigenvalue weighted by atomic mass is 16.4. The Kier molecular flexibility index (Phi) is 4.84. The second kappa shape index (κ2) is 7.40. The maximum atomic E-state index is 12.2. The number of nitrogens with one attached hydrogen (secondary N) is 3. The number of hydrogen-bond donors (Lipinski definition) is 5. The summed E-state index contributed by atoms with van der Waals surface area (Å²) in [6.45, 7) is 0. The molecule has 0 atom stereocenters. The molecule has 0 saturated heterocycles. The molecule has 0 fully saturated rings. The van der Waals surface area contributed by atoms with Gasteiger partial charge >= 0.3 is 11.7 Å².